The maximum atomic E-state index is 13.4. The van der Waals surface area contributed by atoms with E-state index >= 15 is 0 Å². The molecule has 0 spiro atoms. The molecule has 2 aliphatic heterocycles. The standard InChI is InChI=1S/C20H28N4O6S/c1-20(2,3)30-19(27)12-5-6-15-14(9-12)17(25)24-11-13(22-31(4,28)29)10-16(24)18(26)23(15)8-7-21/h5-6,9,13,16,22H,7-8,10-11,21H2,1-4H3/t13-,16-/m0/s1. The van der Waals surface area contributed by atoms with Crippen molar-refractivity contribution in [3.05, 3.63) is 29.3 Å². The van der Waals surface area contributed by atoms with Gasteiger partial charge in [-0.3, -0.25) is 9.59 Å². The molecule has 2 atom stereocenters. The molecular weight excluding hydrogens is 424 g/mol. The summed E-state index contributed by atoms with van der Waals surface area (Å²) >= 11 is 0. The fourth-order valence-corrected chi connectivity index (χ4v) is 4.68. The number of hydrogen-bond acceptors (Lipinski definition) is 7. The van der Waals surface area contributed by atoms with Gasteiger partial charge < -0.3 is 20.3 Å². The van der Waals surface area contributed by atoms with E-state index in [1.54, 1.807) is 26.8 Å². The van der Waals surface area contributed by atoms with Gasteiger partial charge in [-0.2, -0.15) is 0 Å². The van der Waals surface area contributed by atoms with E-state index in [1.165, 1.54) is 21.9 Å². The summed E-state index contributed by atoms with van der Waals surface area (Å²) in [6, 6.07) is 3.08. The van der Waals surface area contributed by atoms with Crippen LogP contribution in [-0.2, 0) is 19.6 Å². The molecule has 10 nitrogen and oxygen atoms in total. The van der Waals surface area contributed by atoms with Crippen molar-refractivity contribution in [1.82, 2.24) is 9.62 Å². The minimum Gasteiger partial charge on any atom is -0.456 e. The summed E-state index contributed by atoms with van der Waals surface area (Å²) in [6.07, 6.45) is 1.19. The summed E-state index contributed by atoms with van der Waals surface area (Å²) in [5.74, 6) is -1.37. The molecule has 2 amide bonds. The fraction of sp³-hybridized carbons (Fsp3) is 0.550. The maximum Gasteiger partial charge on any atom is 0.338 e. The Bertz CT molecular complexity index is 1020. The summed E-state index contributed by atoms with van der Waals surface area (Å²) in [5.41, 5.74) is 5.72. The molecule has 2 aliphatic rings. The SMILES string of the molecule is CC(C)(C)OC(=O)c1ccc2c(c1)C(=O)N1C[C@@H](NS(C)(=O)=O)C[C@H]1C(=O)N2CCN. The second kappa shape index (κ2) is 8.21. The van der Waals surface area contributed by atoms with Crippen LogP contribution in [0.15, 0.2) is 18.2 Å². The molecule has 1 saturated heterocycles. The van der Waals surface area contributed by atoms with Crippen molar-refractivity contribution >= 4 is 33.5 Å². The lowest BCUT2D eigenvalue weighted by molar-refractivity contribution is -0.122. The van der Waals surface area contributed by atoms with Crippen molar-refractivity contribution in [3.8, 4) is 0 Å². The first-order valence-corrected chi connectivity index (χ1v) is 11.9. The number of carbonyl (C=O) groups is 3. The van der Waals surface area contributed by atoms with Crippen LogP contribution >= 0.6 is 0 Å². The zero-order valence-electron chi connectivity index (χ0n) is 18.0. The number of ether oxygens (including phenoxy) is 1. The fourth-order valence-electron chi connectivity index (χ4n) is 3.90. The Morgan fingerprint density at radius 1 is 1.29 bits per heavy atom. The second-order valence-corrected chi connectivity index (χ2v) is 10.6. The van der Waals surface area contributed by atoms with Crippen molar-refractivity contribution in [1.29, 1.82) is 0 Å². The molecule has 0 radical (unpaired) electrons. The van der Waals surface area contributed by atoms with E-state index in [9.17, 15) is 22.8 Å². The largest absolute Gasteiger partial charge is 0.456 e. The lowest BCUT2D eigenvalue weighted by Gasteiger charge is -2.25. The average Bonchev–Trinajstić information content (AvgIpc) is 3.02. The first kappa shape index (κ1) is 23.2. The molecule has 0 bridgehead atoms. The number of esters is 1. The lowest BCUT2D eigenvalue weighted by Crippen LogP contribution is -2.46. The first-order valence-electron chi connectivity index (χ1n) is 9.98. The molecule has 0 aromatic heterocycles. The molecule has 3 N–H and O–H groups in total. The molecule has 11 heteroatoms. The zero-order chi connectivity index (χ0) is 23.1. The number of sulfonamides is 1. The van der Waals surface area contributed by atoms with Crippen LogP contribution in [0.4, 0.5) is 5.69 Å². The highest BCUT2D eigenvalue weighted by Crippen LogP contribution is 2.33. The molecule has 3 rings (SSSR count). The Hall–Kier alpha value is -2.50. The Morgan fingerprint density at radius 2 is 1.97 bits per heavy atom. The summed E-state index contributed by atoms with van der Waals surface area (Å²) in [6.45, 7) is 5.62. The molecule has 1 fully saturated rings. The van der Waals surface area contributed by atoms with E-state index in [-0.39, 0.29) is 43.1 Å². The van der Waals surface area contributed by atoms with E-state index in [4.69, 9.17) is 10.5 Å². The highest BCUT2D eigenvalue weighted by molar-refractivity contribution is 7.88. The second-order valence-electron chi connectivity index (χ2n) is 8.81. The normalized spacial score (nSPS) is 21.6. The van der Waals surface area contributed by atoms with Crippen molar-refractivity contribution in [2.45, 2.75) is 44.9 Å². The van der Waals surface area contributed by atoms with Gasteiger partial charge in [0.2, 0.25) is 15.9 Å². The molecule has 2 heterocycles. The van der Waals surface area contributed by atoms with Crippen LogP contribution in [0, 0.1) is 0 Å². The van der Waals surface area contributed by atoms with Gasteiger partial charge in [0.1, 0.15) is 11.6 Å². The summed E-state index contributed by atoms with van der Waals surface area (Å²) in [7, 11) is -3.51. The molecule has 31 heavy (non-hydrogen) atoms. The lowest BCUT2D eigenvalue weighted by atomic mass is 10.1. The van der Waals surface area contributed by atoms with Gasteiger partial charge in [0, 0.05) is 25.7 Å². The number of carbonyl (C=O) groups excluding carboxylic acids is 3. The number of benzene rings is 1. The number of nitrogens with two attached hydrogens (primary N) is 1. The van der Waals surface area contributed by atoms with Gasteiger partial charge in [-0.1, -0.05) is 0 Å². The Kier molecular flexibility index (Phi) is 6.14. The van der Waals surface area contributed by atoms with Crippen LogP contribution < -0.4 is 15.4 Å². The highest BCUT2D eigenvalue weighted by Gasteiger charge is 2.46. The molecule has 170 valence electrons. The average molecular weight is 453 g/mol. The van der Waals surface area contributed by atoms with Gasteiger partial charge in [0.05, 0.1) is 23.1 Å². The van der Waals surface area contributed by atoms with Crippen molar-refractivity contribution in [2.75, 3.05) is 30.8 Å². The van der Waals surface area contributed by atoms with Gasteiger partial charge >= 0.3 is 5.97 Å². The number of fused-ring (bicyclic) bond motifs is 2. The van der Waals surface area contributed by atoms with E-state index < -0.39 is 39.6 Å². The molecule has 0 saturated carbocycles. The van der Waals surface area contributed by atoms with Crippen LogP contribution in [-0.4, -0.2) is 74.7 Å². The first-order chi connectivity index (χ1) is 14.3. The summed E-state index contributed by atoms with van der Waals surface area (Å²) in [4.78, 5) is 41.9. The molecule has 0 aliphatic carbocycles. The number of rotatable bonds is 5. The highest BCUT2D eigenvalue weighted by atomic mass is 32.2. The van der Waals surface area contributed by atoms with E-state index in [1.807, 2.05) is 0 Å². The Balaban J connectivity index is 2.02. The van der Waals surface area contributed by atoms with Crippen LogP contribution in [0.3, 0.4) is 0 Å². The molecule has 1 aromatic rings. The van der Waals surface area contributed by atoms with Crippen LogP contribution in [0.25, 0.3) is 0 Å². The van der Waals surface area contributed by atoms with Gasteiger partial charge in [-0.15, -0.1) is 0 Å². The molecular formula is C20H28N4O6S. The number of nitrogens with one attached hydrogen (secondary N) is 1. The van der Waals surface area contributed by atoms with Gasteiger partial charge in [0.15, 0.2) is 0 Å². The van der Waals surface area contributed by atoms with E-state index in [0.717, 1.165) is 6.26 Å². The van der Waals surface area contributed by atoms with E-state index in [2.05, 4.69) is 4.72 Å². The zero-order valence-corrected chi connectivity index (χ0v) is 18.9. The van der Waals surface area contributed by atoms with Crippen molar-refractivity contribution in [2.24, 2.45) is 5.73 Å². The van der Waals surface area contributed by atoms with Crippen LogP contribution in [0.2, 0.25) is 0 Å². The Morgan fingerprint density at radius 3 is 2.55 bits per heavy atom. The predicted octanol–water partition coefficient (Wildman–Crippen LogP) is 0.0795. The monoisotopic (exact) mass is 452 g/mol. The quantitative estimate of drug-likeness (QED) is 0.603. The number of anilines is 1. The van der Waals surface area contributed by atoms with Crippen LogP contribution in [0.5, 0.6) is 0 Å². The maximum absolute atomic E-state index is 13.4. The topological polar surface area (TPSA) is 139 Å². The smallest absolute Gasteiger partial charge is 0.338 e. The molecule has 1 aromatic carbocycles. The van der Waals surface area contributed by atoms with Crippen molar-refractivity contribution in [3.63, 3.8) is 0 Å². The predicted molar refractivity (Wildman–Crippen MR) is 114 cm³/mol. The van der Waals surface area contributed by atoms with E-state index in [0.29, 0.717) is 5.69 Å². The van der Waals surface area contributed by atoms with Gasteiger partial charge in [0.25, 0.3) is 5.91 Å². The summed E-state index contributed by atoms with van der Waals surface area (Å²) in [5, 5.41) is 0. The third-order valence-corrected chi connectivity index (χ3v) is 5.76. The molecule has 0 unspecified atom stereocenters. The third kappa shape index (κ3) is 5.05. The van der Waals surface area contributed by atoms with Gasteiger partial charge in [-0.05, 0) is 45.4 Å². The number of hydrogen-bond donors (Lipinski definition) is 2. The summed E-state index contributed by atoms with van der Waals surface area (Å²) < 4.78 is 31.2. The Labute approximate surface area is 181 Å². The minimum atomic E-state index is -3.51. The van der Waals surface area contributed by atoms with Crippen LogP contribution in [0.1, 0.15) is 47.9 Å². The number of nitrogens with zero attached hydrogens (tertiary/aromatic N) is 2. The van der Waals surface area contributed by atoms with Gasteiger partial charge in [-0.25, -0.2) is 17.9 Å². The third-order valence-electron chi connectivity index (χ3n) is 5.00. The number of amides is 2. The van der Waals surface area contributed by atoms with Crippen molar-refractivity contribution < 1.29 is 27.5 Å². The minimum absolute atomic E-state index is 0.0505.